The first-order valence-corrected chi connectivity index (χ1v) is 5.81. The van der Waals surface area contributed by atoms with Gasteiger partial charge in [-0.1, -0.05) is 20.3 Å². The van der Waals surface area contributed by atoms with E-state index in [4.69, 9.17) is 15.9 Å². The van der Waals surface area contributed by atoms with Gasteiger partial charge < -0.3 is 21.3 Å². The van der Waals surface area contributed by atoms with Crippen LogP contribution in [0.3, 0.4) is 0 Å². The first kappa shape index (κ1) is 15.3. The maximum atomic E-state index is 11.6. The van der Waals surface area contributed by atoms with Crippen LogP contribution in [0.5, 0.6) is 0 Å². The van der Waals surface area contributed by atoms with Gasteiger partial charge in [-0.3, -0.25) is 4.79 Å². The molecule has 1 atom stereocenters. The topological polar surface area (TPSA) is 95.6 Å². The average Bonchev–Trinajstić information content (AvgIpc) is 2.26. The van der Waals surface area contributed by atoms with Gasteiger partial charge in [0.05, 0.1) is 18.8 Å². The molecule has 0 aromatic heterocycles. The molecule has 0 fully saturated rings. The summed E-state index contributed by atoms with van der Waals surface area (Å²) < 4.78 is 0. The first-order valence-electron chi connectivity index (χ1n) is 5.81. The van der Waals surface area contributed by atoms with Crippen LogP contribution >= 0.6 is 0 Å². The van der Waals surface area contributed by atoms with E-state index in [1.54, 1.807) is 6.92 Å². The van der Waals surface area contributed by atoms with E-state index in [1.807, 2.05) is 6.92 Å². The molecule has 0 aliphatic rings. The summed E-state index contributed by atoms with van der Waals surface area (Å²) in [7, 11) is 0. The standard InChI is InChI=1S/C11H24N2O3/c1-3-5-9(12)6-10(16)13-11(4-2,7-14)8-15/h9,14-15H,3-8,12H2,1-2H3,(H,13,16). The third-order valence-corrected chi connectivity index (χ3v) is 2.79. The molecule has 0 saturated heterocycles. The summed E-state index contributed by atoms with van der Waals surface area (Å²) in [6.45, 7) is 3.28. The molecule has 0 aliphatic heterocycles. The number of nitrogens with two attached hydrogens (primary N) is 1. The van der Waals surface area contributed by atoms with Crippen LogP contribution in [-0.2, 0) is 4.79 Å². The maximum absolute atomic E-state index is 11.6. The van der Waals surface area contributed by atoms with Gasteiger partial charge in [-0.15, -0.1) is 0 Å². The molecular weight excluding hydrogens is 208 g/mol. The van der Waals surface area contributed by atoms with Crippen LogP contribution in [0.15, 0.2) is 0 Å². The minimum absolute atomic E-state index is 0.156. The van der Waals surface area contributed by atoms with Crippen molar-refractivity contribution in [1.82, 2.24) is 5.32 Å². The highest BCUT2D eigenvalue weighted by atomic mass is 16.3. The van der Waals surface area contributed by atoms with Gasteiger partial charge in [0, 0.05) is 12.5 Å². The minimum atomic E-state index is -0.914. The van der Waals surface area contributed by atoms with Gasteiger partial charge in [0.25, 0.3) is 0 Å². The van der Waals surface area contributed by atoms with Crippen molar-refractivity contribution in [3.63, 3.8) is 0 Å². The number of carbonyl (C=O) groups excluding carboxylic acids is 1. The molecular formula is C11H24N2O3. The molecule has 96 valence electrons. The zero-order chi connectivity index (χ0) is 12.6. The van der Waals surface area contributed by atoms with Crippen molar-refractivity contribution < 1.29 is 15.0 Å². The lowest BCUT2D eigenvalue weighted by molar-refractivity contribution is -0.124. The second kappa shape index (κ2) is 7.60. The monoisotopic (exact) mass is 232 g/mol. The highest BCUT2D eigenvalue weighted by molar-refractivity contribution is 5.77. The SMILES string of the molecule is CCCC(N)CC(=O)NC(CC)(CO)CO. The molecule has 0 spiro atoms. The number of aliphatic hydroxyl groups is 2. The van der Waals surface area contributed by atoms with Crippen LogP contribution in [0.2, 0.25) is 0 Å². The van der Waals surface area contributed by atoms with Gasteiger partial charge in [-0.25, -0.2) is 0 Å². The molecule has 1 unspecified atom stereocenters. The second-order valence-electron chi connectivity index (χ2n) is 4.25. The summed E-state index contributed by atoms with van der Waals surface area (Å²) in [5.74, 6) is -0.217. The van der Waals surface area contributed by atoms with Crippen molar-refractivity contribution >= 4 is 5.91 Å². The molecule has 0 aromatic rings. The second-order valence-corrected chi connectivity index (χ2v) is 4.25. The molecule has 0 saturated carbocycles. The molecule has 1 amide bonds. The van der Waals surface area contributed by atoms with E-state index in [2.05, 4.69) is 5.32 Å². The first-order chi connectivity index (χ1) is 7.53. The Morgan fingerprint density at radius 2 is 1.94 bits per heavy atom. The van der Waals surface area contributed by atoms with Gasteiger partial charge in [0.2, 0.25) is 5.91 Å². The molecule has 0 aliphatic carbocycles. The third-order valence-electron chi connectivity index (χ3n) is 2.79. The van der Waals surface area contributed by atoms with Crippen molar-refractivity contribution in [1.29, 1.82) is 0 Å². The van der Waals surface area contributed by atoms with Crippen LogP contribution in [0.4, 0.5) is 0 Å². The lowest BCUT2D eigenvalue weighted by Crippen LogP contribution is -2.54. The van der Waals surface area contributed by atoms with Crippen molar-refractivity contribution in [3.8, 4) is 0 Å². The Hall–Kier alpha value is -0.650. The average molecular weight is 232 g/mol. The smallest absolute Gasteiger partial charge is 0.222 e. The molecule has 0 radical (unpaired) electrons. The number of hydrogen-bond donors (Lipinski definition) is 4. The van der Waals surface area contributed by atoms with E-state index in [-0.39, 0.29) is 31.6 Å². The Morgan fingerprint density at radius 3 is 2.31 bits per heavy atom. The van der Waals surface area contributed by atoms with E-state index in [0.717, 1.165) is 12.8 Å². The molecule has 16 heavy (non-hydrogen) atoms. The Morgan fingerprint density at radius 1 is 1.38 bits per heavy atom. The van der Waals surface area contributed by atoms with Crippen LogP contribution in [-0.4, -0.2) is 40.9 Å². The Bertz CT molecular complexity index is 197. The van der Waals surface area contributed by atoms with E-state index in [0.29, 0.717) is 6.42 Å². The molecule has 0 bridgehead atoms. The minimum Gasteiger partial charge on any atom is -0.394 e. The van der Waals surface area contributed by atoms with Gasteiger partial charge in [-0.05, 0) is 12.8 Å². The highest BCUT2D eigenvalue weighted by Gasteiger charge is 2.28. The van der Waals surface area contributed by atoms with E-state index >= 15 is 0 Å². The van der Waals surface area contributed by atoms with Gasteiger partial charge in [0.15, 0.2) is 0 Å². The van der Waals surface area contributed by atoms with Crippen LogP contribution in [0, 0.1) is 0 Å². The zero-order valence-corrected chi connectivity index (χ0v) is 10.2. The van der Waals surface area contributed by atoms with Crippen LogP contribution in [0.25, 0.3) is 0 Å². The maximum Gasteiger partial charge on any atom is 0.222 e. The number of hydrogen-bond acceptors (Lipinski definition) is 4. The number of rotatable bonds is 8. The molecule has 0 rings (SSSR count). The van der Waals surface area contributed by atoms with E-state index in [1.165, 1.54) is 0 Å². The zero-order valence-electron chi connectivity index (χ0n) is 10.2. The number of nitrogens with one attached hydrogen (secondary N) is 1. The summed E-state index contributed by atoms with van der Waals surface area (Å²) in [6, 6.07) is -0.156. The quantitative estimate of drug-likeness (QED) is 0.464. The fraction of sp³-hybridized carbons (Fsp3) is 0.909. The lowest BCUT2D eigenvalue weighted by atomic mass is 9.97. The van der Waals surface area contributed by atoms with Crippen LogP contribution < -0.4 is 11.1 Å². The van der Waals surface area contributed by atoms with Crippen molar-refractivity contribution in [3.05, 3.63) is 0 Å². The fourth-order valence-electron chi connectivity index (χ4n) is 1.50. The van der Waals surface area contributed by atoms with Gasteiger partial charge >= 0.3 is 0 Å². The van der Waals surface area contributed by atoms with E-state index < -0.39 is 5.54 Å². The normalized spacial score (nSPS) is 13.6. The number of aliphatic hydroxyl groups excluding tert-OH is 2. The molecule has 0 aromatic carbocycles. The lowest BCUT2D eigenvalue weighted by Gasteiger charge is -2.30. The predicted molar refractivity (Wildman–Crippen MR) is 62.8 cm³/mol. The van der Waals surface area contributed by atoms with Crippen LogP contribution in [0.1, 0.15) is 39.5 Å². The predicted octanol–water partition coefficient (Wildman–Crippen LogP) is -0.246. The largest absolute Gasteiger partial charge is 0.394 e. The number of carbonyl (C=O) groups is 1. The fourth-order valence-corrected chi connectivity index (χ4v) is 1.50. The summed E-state index contributed by atoms with van der Waals surface area (Å²) in [5.41, 5.74) is 4.83. The molecule has 5 N–H and O–H groups in total. The van der Waals surface area contributed by atoms with Crippen molar-refractivity contribution in [2.24, 2.45) is 5.73 Å². The van der Waals surface area contributed by atoms with Gasteiger partial charge in [-0.2, -0.15) is 0 Å². The Labute approximate surface area is 97.0 Å². The highest BCUT2D eigenvalue weighted by Crippen LogP contribution is 2.09. The van der Waals surface area contributed by atoms with Gasteiger partial charge in [0.1, 0.15) is 0 Å². The Kier molecular flexibility index (Phi) is 7.29. The third kappa shape index (κ3) is 4.92. The van der Waals surface area contributed by atoms with E-state index in [9.17, 15) is 4.79 Å². The van der Waals surface area contributed by atoms with Crippen molar-refractivity contribution in [2.75, 3.05) is 13.2 Å². The summed E-state index contributed by atoms with van der Waals surface area (Å²) in [6.07, 6.45) is 2.45. The Balaban J connectivity index is 4.20. The summed E-state index contributed by atoms with van der Waals surface area (Å²) >= 11 is 0. The summed E-state index contributed by atoms with van der Waals surface area (Å²) in [5, 5.41) is 21.0. The molecule has 5 heteroatoms. The van der Waals surface area contributed by atoms with Crippen molar-refractivity contribution in [2.45, 2.75) is 51.1 Å². The molecule has 0 heterocycles. The summed E-state index contributed by atoms with van der Waals surface area (Å²) in [4.78, 5) is 11.6. The number of amides is 1. The molecule has 5 nitrogen and oxygen atoms in total.